The van der Waals surface area contributed by atoms with Crippen LogP contribution in [0.5, 0.6) is 0 Å². The highest BCUT2D eigenvalue weighted by atomic mass is 19.4. The van der Waals surface area contributed by atoms with Crippen LogP contribution in [0.1, 0.15) is 65.3 Å². The maximum atomic E-state index is 13.6. The molecule has 2 aliphatic heterocycles. The van der Waals surface area contributed by atoms with E-state index in [2.05, 4.69) is 10.2 Å². The largest absolute Gasteiger partial charge is 0.416 e. The Hall–Kier alpha value is -3.62. The number of H-pyrrole nitrogens is 1. The second kappa shape index (κ2) is 9.79. The number of likely N-dealkylation sites (tertiary alicyclic amines) is 2. The maximum absolute atomic E-state index is 13.6. The minimum absolute atomic E-state index is 0.109. The van der Waals surface area contributed by atoms with Crippen molar-refractivity contribution in [2.75, 3.05) is 13.1 Å². The Kier molecular flexibility index (Phi) is 6.55. The van der Waals surface area contributed by atoms with Crippen LogP contribution in [0.2, 0.25) is 0 Å². The number of piperidine rings is 1. The molecule has 0 bridgehead atoms. The van der Waals surface area contributed by atoms with Gasteiger partial charge in [-0.3, -0.25) is 14.7 Å². The van der Waals surface area contributed by atoms with E-state index in [1.165, 1.54) is 12.1 Å². The van der Waals surface area contributed by atoms with Gasteiger partial charge < -0.3 is 9.80 Å². The number of rotatable bonds is 5. The Bertz CT molecular complexity index is 1250. The molecule has 2 fully saturated rings. The maximum Gasteiger partial charge on any atom is 0.416 e. The van der Waals surface area contributed by atoms with Gasteiger partial charge in [-0.1, -0.05) is 24.3 Å². The quantitative estimate of drug-likeness (QED) is 0.501. The van der Waals surface area contributed by atoms with Crippen LogP contribution in [0.25, 0.3) is 11.1 Å². The lowest BCUT2D eigenvalue weighted by molar-refractivity contribution is -0.137. The van der Waals surface area contributed by atoms with Crippen molar-refractivity contribution in [2.45, 2.75) is 50.9 Å². The van der Waals surface area contributed by atoms with Crippen LogP contribution < -0.4 is 0 Å². The molecule has 0 saturated carbocycles. The molecule has 2 saturated heterocycles. The highest BCUT2D eigenvalue weighted by molar-refractivity contribution is 5.95. The lowest BCUT2D eigenvalue weighted by Gasteiger charge is -2.36. The summed E-state index contributed by atoms with van der Waals surface area (Å²) in [4.78, 5) is 29.3. The molecule has 188 valence electrons. The van der Waals surface area contributed by atoms with E-state index in [-0.39, 0.29) is 17.9 Å². The highest BCUT2D eigenvalue weighted by Crippen LogP contribution is 2.37. The first-order chi connectivity index (χ1) is 17.3. The van der Waals surface area contributed by atoms with Crippen molar-refractivity contribution >= 4 is 11.8 Å². The standard InChI is InChI=1S/C27H27F3N4O2/c28-27(29,30)21-11-9-19(10-12-21)22-16-31-32-25(22)23-7-1-2-14-34(23)26(36)20-6-3-5-18(15-20)17-33-13-4-8-24(33)35/h3,5-6,9-12,15-16,23H,1-2,4,7-8,13-14,17H2,(H,31,32)/t23-/m0/s1. The van der Waals surface area contributed by atoms with Crippen molar-refractivity contribution in [3.63, 3.8) is 0 Å². The molecule has 1 aromatic heterocycles. The lowest BCUT2D eigenvalue weighted by atomic mass is 9.93. The third-order valence-corrected chi connectivity index (χ3v) is 7.01. The van der Waals surface area contributed by atoms with Gasteiger partial charge in [0.2, 0.25) is 5.91 Å². The molecule has 36 heavy (non-hydrogen) atoms. The zero-order valence-electron chi connectivity index (χ0n) is 19.7. The molecule has 0 aliphatic carbocycles. The van der Waals surface area contributed by atoms with Crippen molar-refractivity contribution in [1.82, 2.24) is 20.0 Å². The Morgan fingerprint density at radius 2 is 1.86 bits per heavy atom. The first kappa shape index (κ1) is 24.1. The second-order valence-electron chi connectivity index (χ2n) is 9.40. The molecule has 5 rings (SSSR count). The number of carbonyl (C=O) groups is 2. The third kappa shape index (κ3) is 4.87. The number of amides is 2. The summed E-state index contributed by atoms with van der Waals surface area (Å²) in [5.41, 5.74) is 2.79. The molecule has 3 heterocycles. The molecule has 0 spiro atoms. The van der Waals surface area contributed by atoms with Gasteiger partial charge in [0.05, 0.1) is 23.5 Å². The number of hydrogen-bond acceptors (Lipinski definition) is 3. The number of carbonyl (C=O) groups excluding carboxylic acids is 2. The minimum Gasteiger partial charge on any atom is -0.338 e. The zero-order valence-corrected chi connectivity index (χ0v) is 19.7. The van der Waals surface area contributed by atoms with E-state index in [0.717, 1.165) is 55.6 Å². The molecule has 1 N–H and O–H groups in total. The Balaban J connectivity index is 1.39. The number of alkyl halides is 3. The molecule has 6 nitrogen and oxygen atoms in total. The third-order valence-electron chi connectivity index (χ3n) is 7.01. The van der Waals surface area contributed by atoms with Crippen LogP contribution in [0, 0.1) is 0 Å². The normalized spacial score (nSPS) is 18.6. The van der Waals surface area contributed by atoms with Crippen LogP contribution in [0.4, 0.5) is 13.2 Å². The van der Waals surface area contributed by atoms with Gasteiger partial charge in [-0.2, -0.15) is 18.3 Å². The molecule has 3 aromatic rings. The van der Waals surface area contributed by atoms with Gasteiger partial charge in [0, 0.05) is 37.2 Å². The van der Waals surface area contributed by atoms with E-state index in [9.17, 15) is 22.8 Å². The van der Waals surface area contributed by atoms with E-state index in [0.29, 0.717) is 36.2 Å². The Morgan fingerprint density at radius 3 is 2.58 bits per heavy atom. The van der Waals surface area contributed by atoms with Crippen molar-refractivity contribution in [1.29, 1.82) is 0 Å². The van der Waals surface area contributed by atoms with E-state index in [1.54, 1.807) is 12.3 Å². The fourth-order valence-corrected chi connectivity index (χ4v) is 5.15. The first-order valence-corrected chi connectivity index (χ1v) is 12.2. The number of halogens is 3. The molecule has 9 heteroatoms. The van der Waals surface area contributed by atoms with Gasteiger partial charge in [-0.05, 0) is 61.1 Å². The molecular formula is C27H27F3N4O2. The number of nitrogens with zero attached hydrogens (tertiary/aromatic N) is 3. The number of aromatic nitrogens is 2. The molecule has 1 atom stereocenters. The summed E-state index contributed by atoms with van der Waals surface area (Å²) in [7, 11) is 0. The molecule has 2 amide bonds. The smallest absolute Gasteiger partial charge is 0.338 e. The van der Waals surface area contributed by atoms with Crippen molar-refractivity contribution < 1.29 is 22.8 Å². The summed E-state index contributed by atoms with van der Waals surface area (Å²) >= 11 is 0. The number of nitrogens with one attached hydrogen (secondary N) is 1. The lowest BCUT2D eigenvalue weighted by Crippen LogP contribution is -2.39. The first-order valence-electron chi connectivity index (χ1n) is 12.2. The summed E-state index contributed by atoms with van der Waals surface area (Å²) in [6.07, 6.45) is 1.15. The predicted octanol–water partition coefficient (Wildman–Crippen LogP) is 5.59. The Labute approximate surface area is 207 Å². The van der Waals surface area contributed by atoms with Crippen molar-refractivity contribution in [3.8, 4) is 11.1 Å². The van der Waals surface area contributed by atoms with Crippen LogP contribution in [0.3, 0.4) is 0 Å². The van der Waals surface area contributed by atoms with Crippen molar-refractivity contribution in [2.24, 2.45) is 0 Å². The fourth-order valence-electron chi connectivity index (χ4n) is 5.15. The SMILES string of the molecule is O=C1CCCN1Cc1cccc(C(=O)N2CCCC[C@H]2c2[nH]ncc2-c2ccc(C(F)(F)F)cc2)c1. The van der Waals surface area contributed by atoms with E-state index in [4.69, 9.17) is 0 Å². The van der Waals surface area contributed by atoms with Crippen molar-refractivity contribution in [3.05, 3.63) is 77.1 Å². The number of hydrogen-bond donors (Lipinski definition) is 1. The zero-order chi connectivity index (χ0) is 25.3. The summed E-state index contributed by atoms with van der Waals surface area (Å²) in [5, 5.41) is 7.18. The summed E-state index contributed by atoms with van der Waals surface area (Å²) in [5.74, 6) is 0.0279. The van der Waals surface area contributed by atoms with Gasteiger partial charge >= 0.3 is 6.18 Å². The summed E-state index contributed by atoms with van der Waals surface area (Å²) in [6, 6.07) is 12.1. The predicted molar refractivity (Wildman–Crippen MR) is 128 cm³/mol. The molecule has 2 aliphatic rings. The van der Waals surface area contributed by atoms with Crippen LogP contribution >= 0.6 is 0 Å². The van der Waals surface area contributed by atoms with Crippen LogP contribution in [0.15, 0.2) is 54.7 Å². The average Bonchev–Trinajstić information content (AvgIpc) is 3.53. The molecule has 0 radical (unpaired) electrons. The summed E-state index contributed by atoms with van der Waals surface area (Å²) < 4.78 is 39.0. The molecular weight excluding hydrogens is 469 g/mol. The topological polar surface area (TPSA) is 69.3 Å². The Morgan fingerprint density at radius 1 is 1.06 bits per heavy atom. The molecule has 0 unspecified atom stereocenters. The van der Waals surface area contributed by atoms with Crippen LogP contribution in [-0.4, -0.2) is 44.9 Å². The van der Waals surface area contributed by atoms with Gasteiger partial charge in [-0.25, -0.2) is 0 Å². The molecule has 2 aromatic carbocycles. The number of aromatic amines is 1. The van der Waals surface area contributed by atoms with E-state index >= 15 is 0 Å². The summed E-state index contributed by atoms with van der Waals surface area (Å²) in [6.45, 7) is 1.80. The highest BCUT2D eigenvalue weighted by Gasteiger charge is 2.33. The average molecular weight is 497 g/mol. The van der Waals surface area contributed by atoms with E-state index < -0.39 is 11.7 Å². The van der Waals surface area contributed by atoms with Gasteiger partial charge in [0.1, 0.15) is 0 Å². The minimum atomic E-state index is -4.40. The van der Waals surface area contributed by atoms with Gasteiger partial charge in [-0.15, -0.1) is 0 Å². The monoisotopic (exact) mass is 496 g/mol. The second-order valence-corrected chi connectivity index (χ2v) is 9.40. The van der Waals surface area contributed by atoms with Crippen LogP contribution in [-0.2, 0) is 17.5 Å². The van der Waals surface area contributed by atoms with E-state index in [1.807, 2.05) is 28.0 Å². The number of benzene rings is 2. The van der Waals surface area contributed by atoms with Gasteiger partial charge in [0.25, 0.3) is 5.91 Å². The van der Waals surface area contributed by atoms with Gasteiger partial charge in [0.15, 0.2) is 0 Å². The fraction of sp³-hybridized carbons (Fsp3) is 0.370.